The molecule has 0 spiro atoms. The molecule has 1 aromatic heterocycles. The van der Waals surface area contributed by atoms with Crippen molar-refractivity contribution in [2.24, 2.45) is 0 Å². The van der Waals surface area contributed by atoms with E-state index in [9.17, 15) is 0 Å². The van der Waals surface area contributed by atoms with Crippen LogP contribution in [0.15, 0.2) is 36.4 Å². The van der Waals surface area contributed by atoms with Crippen LogP contribution in [0.1, 0.15) is 0 Å². The van der Waals surface area contributed by atoms with Gasteiger partial charge in [0.2, 0.25) is 0 Å². The van der Waals surface area contributed by atoms with Gasteiger partial charge in [-0.05, 0) is 24.3 Å². The van der Waals surface area contributed by atoms with Crippen LogP contribution in [-0.4, -0.2) is 19.2 Å². The molecule has 0 amide bonds. The fraction of sp³-hybridized carbons (Fsp3) is 0.154. The molecule has 0 saturated heterocycles. The average molecular weight is 247 g/mol. The first-order valence-corrected chi connectivity index (χ1v) is 5.57. The molecule has 0 fully saturated rings. The molecule has 1 aromatic carbocycles. The van der Waals surface area contributed by atoms with Crippen LogP contribution in [0.5, 0.6) is 11.5 Å². The van der Waals surface area contributed by atoms with Gasteiger partial charge in [0, 0.05) is 11.6 Å². The van der Waals surface area contributed by atoms with Gasteiger partial charge in [-0.3, -0.25) is 0 Å². The number of rotatable bonds is 3. The number of hydrogen-bond donors (Lipinski definition) is 1. The number of benzene rings is 1. The highest BCUT2D eigenvalue weighted by Gasteiger charge is 2.07. The summed E-state index contributed by atoms with van der Waals surface area (Å²) in [6, 6.07) is 11.4. The topological polar surface area (TPSA) is 34.2 Å². The summed E-state index contributed by atoms with van der Waals surface area (Å²) >= 11 is 5.11. The molecule has 2 rings (SSSR count). The van der Waals surface area contributed by atoms with E-state index in [1.165, 1.54) is 0 Å². The molecular formula is C13H13NO2S. The fourth-order valence-electron chi connectivity index (χ4n) is 1.63. The summed E-state index contributed by atoms with van der Waals surface area (Å²) < 4.78 is 11.2. The van der Waals surface area contributed by atoms with Crippen LogP contribution in [0, 0.1) is 4.64 Å². The molecule has 0 bridgehead atoms. The van der Waals surface area contributed by atoms with Crippen molar-refractivity contribution in [3.8, 4) is 22.8 Å². The van der Waals surface area contributed by atoms with Gasteiger partial charge in [-0.15, -0.1) is 0 Å². The van der Waals surface area contributed by atoms with Crippen LogP contribution >= 0.6 is 12.2 Å². The van der Waals surface area contributed by atoms with Gasteiger partial charge in [0.25, 0.3) is 0 Å². The lowest BCUT2D eigenvalue weighted by Crippen LogP contribution is -1.92. The lowest BCUT2D eigenvalue weighted by atomic mass is 10.1. The molecule has 4 heteroatoms. The first-order chi connectivity index (χ1) is 8.24. The first-order valence-electron chi connectivity index (χ1n) is 5.16. The number of aromatic amines is 1. The van der Waals surface area contributed by atoms with Crippen LogP contribution in [0.2, 0.25) is 0 Å². The van der Waals surface area contributed by atoms with Crippen LogP contribution in [-0.2, 0) is 0 Å². The van der Waals surface area contributed by atoms with E-state index in [2.05, 4.69) is 4.98 Å². The van der Waals surface area contributed by atoms with Crippen LogP contribution in [0.25, 0.3) is 11.3 Å². The maximum absolute atomic E-state index is 5.35. The summed E-state index contributed by atoms with van der Waals surface area (Å²) in [5, 5.41) is 0. The monoisotopic (exact) mass is 247 g/mol. The Morgan fingerprint density at radius 3 is 2.53 bits per heavy atom. The Balaban J connectivity index is 2.55. The average Bonchev–Trinajstić information content (AvgIpc) is 2.38. The van der Waals surface area contributed by atoms with Crippen LogP contribution in [0.3, 0.4) is 0 Å². The van der Waals surface area contributed by atoms with Gasteiger partial charge in [-0.25, -0.2) is 0 Å². The minimum Gasteiger partial charge on any atom is -0.497 e. The van der Waals surface area contributed by atoms with E-state index in [0.29, 0.717) is 4.64 Å². The zero-order valence-electron chi connectivity index (χ0n) is 9.69. The van der Waals surface area contributed by atoms with Crippen molar-refractivity contribution in [3.05, 3.63) is 41.0 Å². The maximum Gasteiger partial charge on any atom is 0.131 e. The lowest BCUT2D eigenvalue weighted by molar-refractivity contribution is 0.395. The van der Waals surface area contributed by atoms with Crippen molar-refractivity contribution >= 4 is 12.2 Å². The van der Waals surface area contributed by atoms with E-state index >= 15 is 0 Å². The smallest absolute Gasteiger partial charge is 0.131 e. The van der Waals surface area contributed by atoms with Gasteiger partial charge in [0.05, 0.1) is 19.9 Å². The SMILES string of the molecule is COc1ccc(-c2cccc(=S)[nH]2)c(OC)c1. The molecule has 1 N–H and O–H groups in total. The molecule has 1 heterocycles. The van der Waals surface area contributed by atoms with Gasteiger partial charge in [0.15, 0.2) is 0 Å². The summed E-state index contributed by atoms with van der Waals surface area (Å²) in [7, 11) is 3.26. The molecule has 0 aliphatic rings. The number of pyridine rings is 1. The molecule has 0 saturated carbocycles. The Hall–Kier alpha value is -1.81. The largest absolute Gasteiger partial charge is 0.497 e. The number of aromatic nitrogens is 1. The summed E-state index contributed by atoms with van der Waals surface area (Å²) in [6.07, 6.45) is 0. The van der Waals surface area contributed by atoms with E-state index in [0.717, 1.165) is 22.8 Å². The molecular weight excluding hydrogens is 234 g/mol. The molecule has 0 radical (unpaired) electrons. The number of H-pyrrole nitrogens is 1. The van der Waals surface area contributed by atoms with E-state index < -0.39 is 0 Å². The minimum absolute atomic E-state index is 0.695. The van der Waals surface area contributed by atoms with Gasteiger partial charge in [0.1, 0.15) is 16.1 Å². The lowest BCUT2D eigenvalue weighted by Gasteiger charge is -2.10. The number of nitrogens with one attached hydrogen (secondary N) is 1. The summed E-state index contributed by atoms with van der Waals surface area (Å²) in [4.78, 5) is 3.13. The predicted molar refractivity (Wildman–Crippen MR) is 70.2 cm³/mol. The maximum atomic E-state index is 5.35. The zero-order chi connectivity index (χ0) is 12.3. The highest BCUT2D eigenvalue weighted by Crippen LogP contribution is 2.31. The standard InChI is InChI=1S/C13H13NO2S/c1-15-9-6-7-10(12(8-9)16-2)11-4-3-5-13(17)14-11/h3-8H,1-2H3,(H,14,17). The molecule has 0 aliphatic carbocycles. The number of ether oxygens (including phenoxy) is 2. The minimum atomic E-state index is 0.695. The van der Waals surface area contributed by atoms with Gasteiger partial charge >= 0.3 is 0 Å². The van der Waals surface area contributed by atoms with Gasteiger partial charge in [-0.1, -0.05) is 18.3 Å². The predicted octanol–water partition coefficient (Wildman–Crippen LogP) is 3.43. The zero-order valence-corrected chi connectivity index (χ0v) is 10.5. The van der Waals surface area contributed by atoms with Crippen LogP contribution in [0.4, 0.5) is 0 Å². The second-order valence-electron chi connectivity index (χ2n) is 3.49. The second kappa shape index (κ2) is 5.01. The van der Waals surface area contributed by atoms with Crippen molar-refractivity contribution in [1.29, 1.82) is 0 Å². The Bertz CT molecular complexity index is 578. The summed E-state index contributed by atoms with van der Waals surface area (Å²) in [5.41, 5.74) is 1.89. The van der Waals surface area contributed by atoms with Crippen molar-refractivity contribution in [2.45, 2.75) is 0 Å². The third-order valence-electron chi connectivity index (χ3n) is 2.47. The molecule has 2 aromatic rings. The van der Waals surface area contributed by atoms with E-state index in [-0.39, 0.29) is 0 Å². The normalized spacial score (nSPS) is 10.0. The highest BCUT2D eigenvalue weighted by molar-refractivity contribution is 7.71. The molecule has 17 heavy (non-hydrogen) atoms. The Morgan fingerprint density at radius 2 is 1.88 bits per heavy atom. The van der Waals surface area contributed by atoms with E-state index in [1.807, 2.05) is 36.4 Å². The third-order valence-corrected chi connectivity index (χ3v) is 2.71. The molecule has 88 valence electrons. The highest BCUT2D eigenvalue weighted by atomic mass is 32.1. The summed E-state index contributed by atoms with van der Waals surface area (Å²) in [6.45, 7) is 0. The van der Waals surface area contributed by atoms with E-state index in [1.54, 1.807) is 14.2 Å². The fourth-order valence-corrected chi connectivity index (χ4v) is 1.81. The Morgan fingerprint density at radius 1 is 1.06 bits per heavy atom. The number of hydrogen-bond acceptors (Lipinski definition) is 3. The summed E-state index contributed by atoms with van der Waals surface area (Å²) in [5.74, 6) is 1.52. The third kappa shape index (κ3) is 2.47. The van der Waals surface area contributed by atoms with Crippen molar-refractivity contribution in [1.82, 2.24) is 4.98 Å². The Labute approximate surface area is 105 Å². The van der Waals surface area contributed by atoms with Crippen molar-refractivity contribution in [3.63, 3.8) is 0 Å². The Kier molecular flexibility index (Phi) is 3.44. The van der Waals surface area contributed by atoms with Gasteiger partial charge < -0.3 is 14.5 Å². The molecule has 0 unspecified atom stereocenters. The van der Waals surface area contributed by atoms with Gasteiger partial charge in [-0.2, -0.15) is 0 Å². The van der Waals surface area contributed by atoms with Crippen LogP contribution < -0.4 is 9.47 Å². The number of methoxy groups -OCH3 is 2. The van der Waals surface area contributed by atoms with Crippen molar-refractivity contribution < 1.29 is 9.47 Å². The first kappa shape index (κ1) is 11.7. The molecule has 0 atom stereocenters. The van der Waals surface area contributed by atoms with E-state index in [4.69, 9.17) is 21.7 Å². The quantitative estimate of drug-likeness (QED) is 0.844. The second-order valence-corrected chi connectivity index (χ2v) is 3.93. The van der Waals surface area contributed by atoms with Crippen molar-refractivity contribution in [2.75, 3.05) is 14.2 Å². The molecule has 0 aliphatic heterocycles. The molecule has 3 nitrogen and oxygen atoms in total.